The fourth-order valence-corrected chi connectivity index (χ4v) is 4.64. The van der Waals surface area contributed by atoms with Crippen LogP contribution in [0.1, 0.15) is 107 Å². The van der Waals surface area contributed by atoms with E-state index in [0.717, 1.165) is 34.9 Å². The first-order valence-electron chi connectivity index (χ1n) is 13.0. The molecule has 1 saturated carbocycles. The van der Waals surface area contributed by atoms with Crippen LogP contribution < -0.4 is 0 Å². The minimum Gasteiger partial charge on any atom is -0.0979 e. The summed E-state index contributed by atoms with van der Waals surface area (Å²) in [5.74, 6) is 15.1. The molecule has 0 amide bonds. The van der Waals surface area contributed by atoms with Crippen LogP contribution >= 0.6 is 0 Å². The van der Waals surface area contributed by atoms with E-state index in [-0.39, 0.29) is 0 Å². The second-order valence-electron chi connectivity index (χ2n) is 9.47. The maximum Gasteiger partial charge on any atom is 0.0249 e. The van der Waals surface area contributed by atoms with Gasteiger partial charge >= 0.3 is 0 Å². The van der Waals surface area contributed by atoms with Gasteiger partial charge in [-0.3, -0.25) is 0 Å². The highest BCUT2D eigenvalue weighted by Gasteiger charge is 2.19. The molecule has 2 aromatic rings. The summed E-state index contributed by atoms with van der Waals surface area (Å²) in [7, 11) is 0. The molecule has 3 rings (SSSR count). The molecule has 1 fully saturated rings. The van der Waals surface area contributed by atoms with Crippen LogP contribution in [0.25, 0.3) is 0 Å². The average molecular weight is 425 g/mol. The zero-order valence-corrected chi connectivity index (χ0v) is 20.3. The molecule has 0 heteroatoms. The number of unbranched alkanes of at least 4 members (excludes halogenated alkanes) is 4. The molecule has 1 aliphatic carbocycles. The molecule has 32 heavy (non-hydrogen) atoms. The first-order chi connectivity index (χ1) is 15.8. The standard InChI is InChI=1S/C32H40/c1-3-5-6-7-8-9-10-28-15-17-30(18-16-28)21-22-32-25-23-31(24-26-32)20-19-29-13-11-27(4-2)12-14-29/h15-18,23-27,29H,3-8,11-14,19-20H2,1-2H3. The molecule has 0 unspecified atom stereocenters. The molecule has 0 N–H and O–H groups in total. The van der Waals surface area contributed by atoms with Crippen molar-refractivity contribution in [2.75, 3.05) is 0 Å². The topological polar surface area (TPSA) is 0 Å². The van der Waals surface area contributed by atoms with E-state index in [1.807, 2.05) is 0 Å². The second kappa shape index (κ2) is 13.9. The molecule has 1 aliphatic rings. The van der Waals surface area contributed by atoms with E-state index in [4.69, 9.17) is 0 Å². The van der Waals surface area contributed by atoms with Crippen molar-refractivity contribution >= 4 is 0 Å². The molecule has 0 radical (unpaired) electrons. The van der Waals surface area contributed by atoms with Crippen LogP contribution in [0.3, 0.4) is 0 Å². The summed E-state index contributed by atoms with van der Waals surface area (Å²) < 4.78 is 0. The third-order valence-electron chi connectivity index (χ3n) is 6.96. The van der Waals surface area contributed by atoms with Crippen molar-refractivity contribution in [3.63, 3.8) is 0 Å². The van der Waals surface area contributed by atoms with Crippen LogP contribution in [0.4, 0.5) is 0 Å². The van der Waals surface area contributed by atoms with Crippen LogP contribution in [0.2, 0.25) is 0 Å². The van der Waals surface area contributed by atoms with E-state index in [0.29, 0.717) is 0 Å². The number of hydrogen-bond donors (Lipinski definition) is 0. The summed E-state index contributed by atoms with van der Waals surface area (Å²) in [6, 6.07) is 17.2. The van der Waals surface area contributed by atoms with Gasteiger partial charge in [-0.15, -0.1) is 0 Å². The average Bonchev–Trinajstić information content (AvgIpc) is 2.85. The normalized spacial score (nSPS) is 17.7. The summed E-state index contributed by atoms with van der Waals surface area (Å²) in [4.78, 5) is 0. The lowest BCUT2D eigenvalue weighted by atomic mass is 9.78. The SMILES string of the molecule is CCCCCCC#Cc1ccc(C#Cc2ccc(CCC3CCC(CC)CC3)cc2)cc1. The summed E-state index contributed by atoms with van der Waals surface area (Å²) in [6.07, 6.45) is 15.8. The molecule has 0 nitrogen and oxygen atoms in total. The van der Waals surface area contributed by atoms with Crippen molar-refractivity contribution in [3.8, 4) is 23.7 Å². The van der Waals surface area contributed by atoms with Gasteiger partial charge in [0, 0.05) is 23.1 Å². The van der Waals surface area contributed by atoms with Gasteiger partial charge in [0.1, 0.15) is 0 Å². The predicted molar refractivity (Wildman–Crippen MR) is 139 cm³/mol. The Balaban J connectivity index is 1.44. The van der Waals surface area contributed by atoms with E-state index < -0.39 is 0 Å². The zero-order valence-electron chi connectivity index (χ0n) is 20.3. The Morgan fingerprint density at radius 2 is 1.22 bits per heavy atom. The van der Waals surface area contributed by atoms with Crippen molar-refractivity contribution in [2.24, 2.45) is 11.8 Å². The van der Waals surface area contributed by atoms with Crippen molar-refractivity contribution in [1.82, 2.24) is 0 Å². The molecular formula is C32H40. The van der Waals surface area contributed by atoms with Crippen molar-refractivity contribution < 1.29 is 0 Å². The summed E-state index contributed by atoms with van der Waals surface area (Å²) in [5, 5.41) is 0. The van der Waals surface area contributed by atoms with Gasteiger partial charge in [-0.1, -0.05) is 101 Å². The predicted octanol–water partition coefficient (Wildman–Crippen LogP) is 8.56. The maximum atomic E-state index is 3.31. The Labute approximate surface area is 197 Å². The molecule has 0 aliphatic heterocycles. The zero-order chi connectivity index (χ0) is 22.4. The van der Waals surface area contributed by atoms with Crippen molar-refractivity contribution in [1.29, 1.82) is 0 Å². The van der Waals surface area contributed by atoms with E-state index in [2.05, 4.69) is 86.1 Å². The Kier molecular flexibility index (Phi) is 10.5. The Morgan fingerprint density at radius 3 is 1.81 bits per heavy atom. The Bertz CT molecular complexity index is 900. The molecule has 0 saturated heterocycles. The molecule has 2 aromatic carbocycles. The fraction of sp³-hybridized carbons (Fsp3) is 0.500. The van der Waals surface area contributed by atoms with E-state index in [9.17, 15) is 0 Å². The van der Waals surface area contributed by atoms with Gasteiger partial charge in [0.15, 0.2) is 0 Å². The third kappa shape index (κ3) is 8.60. The monoisotopic (exact) mass is 424 g/mol. The van der Waals surface area contributed by atoms with Gasteiger partial charge in [0.25, 0.3) is 0 Å². The van der Waals surface area contributed by atoms with E-state index in [1.165, 1.54) is 76.2 Å². The van der Waals surface area contributed by atoms with Crippen molar-refractivity contribution in [3.05, 3.63) is 70.8 Å². The number of aryl methyl sites for hydroxylation is 1. The Hall–Kier alpha value is -2.44. The first kappa shape index (κ1) is 24.2. The maximum absolute atomic E-state index is 3.31. The van der Waals surface area contributed by atoms with Gasteiger partial charge in [-0.2, -0.15) is 0 Å². The van der Waals surface area contributed by atoms with Crippen LogP contribution in [0.15, 0.2) is 48.5 Å². The lowest BCUT2D eigenvalue weighted by Crippen LogP contribution is -2.14. The van der Waals surface area contributed by atoms with E-state index in [1.54, 1.807) is 0 Å². The molecule has 0 bridgehead atoms. The van der Waals surface area contributed by atoms with Gasteiger partial charge < -0.3 is 0 Å². The Morgan fingerprint density at radius 1 is 0.656 bits per heavy atom. The third-order valence-corrected chi connectivity index (χ3v) is 6.96. The highest BCUT2D eigenvalue weighted by atomic mass is 14.2. The lowest BCUT2D eigenvalue weighted by Gasteiger charge is -2.27. The van der Waals surface area contributed by atoms with Gasteiger partial charge in [-0.05, 0) is 73.1 Å². The van der Waals surface area contributed by atoms with Gasteiger partial charge in [-0.25, -0.2) is 0 Å². The molecule has 0 spiro atoms. The van der Waals surface area contributed by atoms with Gasteiger partial charge in [0.2, 0.25) is 0 Å². The quantitative estimate of drug-likeness (QED) is 0.294. The van der Waals surface area contributed by atoms with E-state index >= 15 is 0 Å². The largest absolute Gasteiger partial charge is 0.0979 e. The summed E-state index contributed by atoms with van der Waals surface area (Å²) in [6.45, 7) is 4.58. The van der Waals surface area contributed by atoms with Crippen LogP contribution in [-0.2, 0) is 6.42 Å². The minimum atomic E-state index is 0.936. The number of rotatable bonds is 8. The molecule has 168 valence electrons. The van der Waals surface area contributed by atoms with Crippen LogP contribution in [0, 0.1) is 35.5 Å². The first-order valence-corrected chi connectivity index (χ1v) is 13.0. The van der Waals surface area contributed by atoms with Crippen molar-refractivity contribution in [2.45, 2.75) is 90.9 Å². The molecule has 0 heterocycles. The highest BCUT2D eigenvalue weighted by molar-refractivity contribution is 5.46. The minimum absolute atomic E-state index is 0.936. The highest BCUT2D eigenvalue weighted by Crippen LogP contribution is 2.33. The van der Waals surface area contributed by atoms with Crippen LogP contribution in [-0.4, -0.2) is 0 Å². The molecule has 0 atom stereocenters. The fourth-order valence-electron chi connectivity index (χ4n) is 4.64. The van der Waals surface area contributed by atoms with Crippen LogP contribution in [0.5, 0.6) is 0 Å². The van der Waals surface area contributed by atoms with Gasteiger partial charge in [0.05, 0.1) is 0 Å². The second-order valence-corrected chi connectivity index (χ2v) is 9.47. The number of hydrogen-bond acceptors (Lipinski definition) is 0. The molecule has 0 aromatic heterocycles. The summed E-state index contributed by atoms with van der Waals surface area (Å²) >= 11 is 0. The molecular weight excluding hydrogens is 384 g/mol. The summed E-state index contributed by atoms with van der Waals surface area (Å²) in [5.41, 5.74) is 4.67. The lowest BCUT2D eigenvalue weighted by molar-refractivity contribution is 0.259. The smallest absolute Gasteiger partial charge is 0.0249 e. The number of benzene rings is 2.